The number of hydrogen-bond acceptors (Lipinski definition) is 2. The molecule has 0 aliphatic carbocycles. The summed E-state index contributed by atoms with van der Waals surface area (Å²) in [5.41, 5.74) is 0.766. The van der Waals surface area contributed by atoms with Crippen LogP contribution in [0.1, 0.15) is 18.9 Å². The number of rotatable bonds is 5. The fourth-order valence-electron chi connectivity index (χ4n) is 1.31. The molecule has 0 spiro atoms. The van der Waals surface area contributed by atoms with Crippen LogP contribution in [0.3, 0.4) is 0 Å². The van der Waals surface area contributed by atoms with E-state index in [0.717, 1.165) is 20.6 Å². The van der Waals surface area contributed by atoms with Crippen LogP contribution in [-0.2, 0) is 4.79 Å². The molecule has 0 bridgehead atoms. The van der Waals surface area contributed by atoms with Gasteiger partial charge in [-0.25, -0.2) is 4.79 Å². The summed E-state index contributed by atoms with van der Waals surface area (Å²) in [4.78, 5) is 10.5. The highest BCUT2D eigenvalue weighted by Gasteiger charge is 2.08. The third-order valence-electron chi connectivity index (χ3n) is 2.09. The maximum atomic E-state index is 10.5. The maximum absolute atomic E-state index is 10.5. The molecule has 100 valence electrons. The normalized spacial score (nSPS) is 10.1. The molecule has 19 heavy (non-hydrogen) atoms. The van der Waals surface area contributed by atoms with Gasteiger partial charge in [0.25, 0.3) is 0 Å². The first-order chi connectivity index (χ1) is 9.04. The third kappa shape index (κ3) is 5.50. The molecule has 5 heteroatoms. The van der Waals surface area contributed by atoms with E-state index in [1.807, 2.05) is 0 Å². The van der Waals surface area contributed by atoms with Crippen LogP contribution in [0.25, 0.3) is 6.08 Å². The van der Waals surface area contributed by atoms with Crippen molar-refractivity contribution >= 4 is 43.9 Å². The van der Waals surface area contributed by atoms with Crippen molar-refractivity contribution in [2.75, 3.05) is 6.61 Å². The Morgan fingerprint density at radius 2 is 2.05 bits per heavy atom. The Morgan fingerprint density at radius 1 is 1.42 bits per heavy atom. The number of aliphatic carboxylic acids is 1. The van der Waals surface area contributed by atoms with Gasteiger partial charge in [-0.2, -0.15) is 0 Å². The number of carboxylic acid groups (broad SMARTS) is 1. The molecule has 0 fully saturated rings. The van der Waals surface area contributed by atoms with Crippen LogP contribution < -0.4 is 4.74 Å². The first kappa shape index (κ1) is 15.8. The average Bonchev–Trinajstić information content (AvgIpc) is 2.34. The quantitative estimate of drug-likeness (QED) is 0.470. The largest absolute Gasteiger partial charge is 0.490 e. The van der Waals surface area contributed by atoms with Gasteiger partial charge in [0, 0.05) is 12.5 Å². The van der Waals surface area contributed by atoms with Gasteiger partial charge in [-0.3, -0.25) is 0 Å². The van der Waals surface area contributed by atoms with E-state index in [1.54, 1.807) is 19.1 Å². The minimum Gasteiger partial charge on any atom is -0.490 e. The molecule has 1 rings (SSSR count). The van der Waals surface area contributed by atoms with E-state index < -0.39 is 5.97 Å². The minimum atomic E-state index is -0.981. The zero-order valence-corrected chi connectivity index (χ0v) is 13.4. The van der Waals surface area contributed by atoms with Crippen molar-refractivity contribution in [2.24, 2.45) is 0 Å². The molecule has 0 aliphatic heterocycles. The molecular formula is C14H12Br2O3. The van der Waals surface area contributed by atoms with E-state index in [2.05, 4.69) is 43.7 Å². The summed E-state index contributed by atoms with van der Waals surface area (Å²) < 4.78 is 7.13. The van der Waals surface area contributed by atoms with Crippen LogP contribution in [-0.4, -0.2) is 17.7 Å². The highest BCUT2D eigenvalue weighted by Crippen LogP contribution is 2.35. The van der Waals surface area contributed by atoms with Crippen LogP contribution in [0.5, 0.6) is 5.75 Å². The Balaban J connectivity index is 2.84. The minimum absolute atomic E-state index is 0.502. The molecule has 0 atom stereocenters. The number of benzene rings is 1. The number of hydrogen-bond donors (Lipinski definition) is 1. The fraction of sp³-hybridized carbons (Fsp3) is 0.214. The molecular weight excluding hydrogens is 376 g/mol. The topological polar surface area (TPSA) is 46.5 Å². The van der Waals surface area contributed by atoms with Crippen LogP contribution in [0.4, 0.5) is 0 Å². The van der Waals surface area contributed by atoms with Crippen molar-refractivity contribution in [3.05, 3.63) is 32.7 Å². The molecule has 0 aliphatic rings. The van der Waals surface area contributed by atoms with Crippen LogP contribution >= 0.6 is 31.9 Å². The lowest BCUT2D eigenvalue weighted by molar-refractivity contribution is -0.131. The van der Waals surface area contributed by atoms with E-state index in [1.165, 1.54) is 6.08 Å². The standard InChI is InChI=1S/C14H12Br2O3/c1-2-3-4-7-19-14-11(15)8-10(9-12(14)16)5-6-13(17)18/h5-6,8-9H,4,7H2,1H3,(H,17,18)/b6-5+. The Kier molecular flexibility index (Phi) is 6.68. The highest BCUT2D eigenvalue weighted by atomic mass is 79.9. The second-order valence-corrected chi connectivity index (χ2v) is 5.22. The van der Waals surface area contributed by atoms with Crippen molar-refractivity contribution in [3.8, 4) is 17.6 Å². The lowest BCUT2D eigenvalue weighted by Gasteiger charge is -2.10. The molecule has 1 N–H and O–H groups in total. The molecule has 0 amide bonds. The summed E-state index contributed by atoms with van der Waals surface area (Å²) in [7, 11) is 0. The molecule has 0 aromatic heterocycles. The van der Waals surface area contributed by atoms with Crippen LogP contribution in [0.15, 0.2) is 27.2 Å². The molecule has 0 unspecified atom stereocenters. The van der Waals surface area contributed by atoms with E-state index in [9.17, 15) is 4.79 Å². The Hall–Kier alpha value is -1.25. The third-order valence-corrected chi connectivity index (χ3v) is 3.27. The summed E-state index contributed by atoms with van der Waals surface area (Å²) in [5, 5.41) is 8.59. The van der Waals surface area contributed by atoms with Crippen LogP contribution in [0.2, 0.25) is 0 Å². The summed E-state index contributed by atoms with van der Waals surface area (Å²) in [6, 6.07) is 3.59. The maximum Gasteiger partial charge on any atom is 0.328 e. The first-order valence-electron chi connectivity index (χ1n) is 5.47. The molecule has 3 nitrogen and oxygen atoms in total. The van der Waals surface area contributed by atoms with Gasteiger partial charge in [0.1, 0.15) is 5.75 Å². The Bertz CT molecular complexity index is 531. The summed E-state index contributed by atoms with van der Waals surface area (Å²) in [6.45, 7) is 2.29. The van der Waals surface area contributed by atoms with E-state index in [4.69, 9.17) is 9.84 Å². The Labute approximate surface area is 128 Å². The highest BCUT2D eigenvalue weighted by molar-refractivity contribution is 9.11. The van der Waals surface area contributed by atoms with Crippen molar-refractivity contribution in [2.45, 2.75) is 13.3 Å². The molecule has 0 radical (unpaired) electrons. The predicted octanol–water partition coefficient (Wildman–Crippen LogP) is 4.10. The summed E-state index contributed by atoms with van der Waals surface area (Å²) >= 11 is 6.80. The fourth-order valence-corrected chi connectivity index (χ4v) is 2.76. The lowest BCUT2D eigenvalue weighted by atomic mass is 10.2. The smallest absolute Gasteiger partial charge is 0.328 e. The average molecular weight is 388 g/mol. The Morgan fingerprint density at radius 3 is 2.58 bits per heavy atom. The number of halogens is 2. The zero-order chi connectivity index (χ0) is 14.3. The number of carbonyl (C=O) groups is 1. The van der Waals surface area contributed by atoms with Gasteiger partial charge in [0.05, 0.1) is 15.6 Å². The van der Waals surface area contributed by atoms with Gasteiger partial charge in [-0.1, -0.05) is 0 Å². The van der Waals surface area contributed by atoms with Gasteiger partial charge in [-0.05, 0) is 62.6 Å². The molecule has 1 aromatic rings. The molecule has 1 aromatic carbocycles. The van der Waals surface area contributed by atoms with Crippen molar-refractivity contribution < 1.29 is 14.6 Å². The van der Waals surface area contributed by atoms with Crippen molar-refractivity contribution in [1.29, 1.82) is 0 Å². The summed E-state index contributed by atoms with van der Waals surface area (Å²) in [5.74, 6) is 5.43. The van der Waals surface area contributed by atoms with Gasteiger partial charge in [0.2, 0.25) is 0 Å². The van der Waals surface area contributed by atoms with Crippen molar-refractivity contribution in [3.63, 3.8) is 0 Å². The number of ether oxygens (including phenoxy) is 1. The van der Waals surface area contributed by atoms with Gasteiger partial charge < -0.3 is 9.84 Å². The lowest BCUT2D eigenvalue weighted by Crippen LogP contribution is -1.98. The summed E-state index contributed by atoms with van der Waals surface area (Å²) in [6.07, 6.45) is 3.27. The van der Waals surface area contributed by atoms with Gasteiger partial charge in [-0.15, -0.1) is 11.8 Å². The second-order valence-electron chi connectivity index (χ2n) is 3.51. The first-order valence-corrected chi connectivity index (χ1v) is 7.05. The predicted molar refractivity (Wildman–Crippen MR) is 82.1 cm³/mol. The van der Waals surface area contributed by atoms with Crippen LogP contribution in [0, 0.1) is 11.8 Å². The molecule has 0 saturated carbocycles. The van der Waals surface area contributed by atoms with E-state index >= 15 is 0 Å². The molecule has 0 saturated heterocycles. The second kappa shape index (κ2) is 8.03. The van der Waals surface area contributed by atoms with E-state index in [-0.39, 0.29) is 0 Å². The monoisotopic (exact) mass is 386 g/mol. The van der Waals surface area contributed by atoms with Gasteiger partial charge in [0.15, 0.2) is 0 Å². The van der Waals surface area contributed by atoms with Gasteiger partial charge >= 0.3 is 5.97 Å². The zero-order valence-electron chi connectivity index (χ0n) is 10.2. The SMILES string of the molecule is CC#CCCOc1c(Br)cc(/C=C/C(=O)O)cc1Br. The number of carboxylic acids is 1. The van der Waals surface area contributed by atoms with E-state index in [0.29, 0.717) is 18.8 Å². The molecule has 0 heterocycles. The van der Waals surface area contributed by atoms with Crippen molar-refractivity contribution in [1.82, 2.24) is 0 Å².